The van der Waals surface area contributed by atoms with E-state index in [-0.39, 0.29) is 11.7 Å². The number of likely N-dealkylation sites (tertiary alicyclic amines) is 1. The van der Waals surface area contributed by atoms with Gasteiger partial charge in [0.05, 0.1) is 19.8 Å². The van der Waals surface area contributed by atoms with Crippen LogP contribution in [0, 0.1) is 5.92 Å². The highest BCUT2D eigenvalue weighted by Crippen LogP contribution is 2.30. The van der Waals surface area contributed by atoms with Crippen molar-refractivity contribution in [2.75, 3.05) is 54.6 Å². The average molecular weight is 427 g/mol. The van der Waals surface area contributed by atoms with Crippen molar-refractivity contribution in [1.82, 2.24) is 9.80 Å². The number of likely N-dealkylation sites (N-methyl/N-ethyl adjacent to an activating group) is 1. The zero-order chi connectivity index (χ0) is 22.2. The molecule has 1 atom stereocenters. The predicted molar refractivity (Wildman–Crippen MR) is 122 cm³/mol. The van der Waals surface area contributed by atoms with E-state index < -0.39 is 0 Å². The Labute approximate surface area is 185 Å². The van der Waals surface area contributed by atoms with E-state index >= 15 is 0 Å². The molecule has 0 aromatic heterocycles. The molecule has 3 rings (SSSR count). The van der Waals surface area contributed by atoms with E-state index in [2.05, 4.69) is 21.9 Å². The summed E-state index contributed by atoms with van der Waals surface area (Å²) >= 11 is 0. The van der Waals surface area contributed by atoms with Gasteiger partial charge in [-0.05, 0) is 63.3 Å². The number of benzene rings is 2. The Morgan fingerprint density at radius 2 is 1.81 bits per heavy atom. The average Bonchev–Trinajstić information content (AvgIpc) is 2.79. The number of Topliss-reactive ketones (excluding diaryl/α,β-unsaturated/α-hetero) is 1. The minimum absolute atomic E-state index is 0.0234. The van der Waals surface area contributed by atoms with Crippen LogP contribution < -0.4 is 14.2 Å². The van der Waals surface area contributed by atoms with Crippen LogP contribution in [0.1, 0.15) is 28.8 Å². The standard InChI is InChI=1S/C25H34N2O4/c1-26(2)14-15-31-21-9-7-19(8-10-21)17-27-13-5-6-20(18-27)25(28)23-12-11-22(29-3)16-24(23)30-4/h7-12,16,20H,5-6,13-15,17-18H2,1-4H3. The van der Waals surface area contributed by atoms with Crippen LogP contribution in [-0.4, -0.2) is 70.1 Å². The second kappa shape index (κ2) is 11.2. The third kappa shape index (κ3) is 6.45. The molecule has 1 aliphatic rings. The first-order valence-electron chi connectivity index (χ1n) is 10.8. The molecule has 0 amide bonds. The third-order valence-corrected chi connectivity index (χ3v) is 5.69. The molecular weight excluding hydrogens is 392 g/mol. The second-order valence-electron chi connectivity index (χ2n) is 8.30. The lowest BCUT2D eigenvalue weighted by Crippen LogP contribution is -2.38. The highest BCUT2D eigenvalue weighted by molar-refractivity contribution is 6.00. The molecule has 2 aromatic rings. The first kappa shape index (κ1) is 23.1. The summed E-state index contributed by atoms with van der Waals surface area (Å²) in [6, 6.07) is 13.7. The zero-order valence-electron chi connectivity index (χ0n) is 19.1. The van der Waals surface area contributed by atoms with E-state index in [0.29, 0.717) is 23.7 Å². The summed E-state index contributed by atoms with van der Waals surface area (Å²) in [6.45, 7) is 4.17. The van der Waals surface area contributed by atoms with Gasteiger partial charge < -0.3 is 19.1 Å². The molecule has 0 saturated carbocycles. The van der Waals surface area contributed by atoms with Crippen LogP contribution >= 0.6 is 0 Å². The first-order chi connectivity index (χ1) is 15.0. The van der Waals surface area contributed by atoms with Crippen LogP contribution in [0.3, 0.4) is 0 Å². The van der Waals surface area contributed by atoms with Gasteiger partial charge in [0, 0.05) is 31.6 Å². The van der Waals surface area contributed by atoms with Gasteiger partial charge in [-0.1, -0.05) is 12.1 Å². The predicted octanol–water partition coefficient (Wildman–Crippen LogP) is 3.74. The minimum Gasteiger partial charge on any atom is -0.497 e. The number of piperidine rings is 1. The molecule has 0 N–H and O–H groups in total. The fourth-order valence-corrected chi connectivity index (χ4v) is 3.93. The number of methoxy groups -OCH3 is 2. The molecule has 31 heavy (non-hydrogen) atoms. The summed E-state index contributed by atoms with van der Waals surface area (Å²) < 4.78 is 16.5. The monoisotopic (exact) mass is 426 g/mol. The molecule has 6 nitrogen and oxygen atoms in total. The van der Waals surface area contributed by atoms with Gasteiger partial charge in [-0.25, -0.2) is 0 Å². The molecule has 0 bridgehead atoms. The fraction of sp³-hybridized carbons (Fsp3) is 0.480. The lowest BCUT2D eigenvalue weighted by Gasteiger charge is -2.32. The Balaban J connectivity index is 1.58. The van der Waals surface area contributed by atoms with Crippen LogP contribution in [0.25, 0.3) is 0 Å². The lowest BCUT2D eigenvalue weighted by molar-refractivity contribution is 0.0808. The zero-order valence-corrected chi connectivity index (χ0v) is 19.1. The molecule has 168 valence electrons. The number of nitrogens with zero attached hydrogens (tertiary/aromatic N) is 2. The van der Waals surface area contributed by atoms with E-state index in [9.17, 15) is 4.79 Å². The van der Waals surface area contributed by atoms with Crippen LogP contribution in [0.15, 0.2) is 42.5 Å². The van der Waals surface area contributed by atoms with E-state index in [4.69, 9.17) is 14.2 Å². The van der Waals surface area contributed by atoms with Gasteiger partial charge in [-0.15, -0.1) is 0 Å². The topological polar surface area (TPSA) is 51.2 Å². The van der Waals surface area contributed by atoms with Crippen LogP contribution in [0.4, 0.5) is 0 Å². The number of ether oxygens (including phenoxy) is 3. The fourth-order valence-electron chi connectivity index (χ4n) is 3.93. The van der Waals surface area contributed by atoms with Gasteiger partial charge in [0.15, 0.2) is 5.78 Å². The first-order valence-corrected chi connectivity index (χ1v) is 10.8. The van der Waals surface area contributed by atoms with Gasteiger partial charge in [0.1, 0.15) is 23.9 Å². The number of ketones is 1. The van der Waals surface area contributed by atoms with Gasteiger partial charge in [-0.3, -0.25) is 9.69 Å². The molecule has 1 aliphatic heterocycles. The minimum atomic E-state index is -0.0234. The Morgan fingerprint density at radius 1 is 1.06 bits per heavy atom. The highest BCUT2D eigenvalue weighted by Gasteiger charge is 2.28. The maximum atomic E-state index is 13.2. The van der Waals surface area contributed by atoms with Crippen LogP contribution in [0.5, 0.6) is 17.2 Å². The van der Waals surface area contributed by atoms with Crippen molar-refractivity contribution in [2.45, 2.75) is 19.4 Å². The smallest absolute Gasteiger partial charge is 0.170 e. The summed E-state index contributed by atoms with van der Waals surface area (Å²) in [6.07, 6.45) is 1.92. The summed E-state index contributed by atoms with van der Waals surface area (Å²) in [5.41, 5.74) is 1.87. The summed E-state index contributed by atoms with van der Waals surface area (Å²) in [5, 5.41) is 0. The molecule has 1 fully saturated rings. The van der Waals surface area contributed by atoms with Crippen LogP contribution in [-0.2, 0) is 6.54 Å². The normalized spacial score (nSPS) is 16.9. The van der Waals surface area contributed by atoms with E-state index in [0.717, 1.165) is 44.8 Å². The van der Waals surface area contributed by atoms with Crippen molar-refractivity contribution < 1.29 is 19.0 Å². The van der Waals surface area contributed by atoms with Crippen molar-refractivity contribution in [3.05, 3.63) is 53.6 Å². The summed E-state index contributed by atoms with van der Waals surface area (Å²) in [7, 11) is 7.27. The number of carbonyl (C=O) groups excluding carboxylic acids is 1. The second-order valence-corrected chi connectivity index (χ2v) is 8.30. The van der Waals surface area contributed by atoms with Gasteiger partial charge >= 0.3 is 0 Å². The molecule has 0 spiro atoms. The van der Waals surface area contributed by atoms with Crippen molar-refractivity contribution in [1.29, 1.82) is 0 Å². The van der Waals surface area contributed by atoms with E-state index in [1.54, 1.807) is 20.3 Å². The molecule has 6 heteroatoms. The molecule has 1 heterocycles. The maximum absolute atomic E-state index is 13.2. The molecular formula is C25H34N2O4. The molecule has 1 saturated heterocycles. The Kier molecular flexibility index (Phi) is 8.32. The summed E-state index contributed by atoms with van der Waals surface area (Å²) in [4.78, 5) is 17.7. The van der Waals surface area contributed by atoms with Gasteiger partial charge in [0.25, 0.3) is 0 Å². The Bertz CT molecular complexity index is 851. The molecule has 0 aliphatic carbocycles. The summed E-state index contributed by atoms with van der Waals surface area (Å²) in [5.74, 6) is 2.28. The SMILES string of the molecule is COc1ccc(C(=O)C2CCCN(Cc3ccc(OCCN(C)C)cc3)C2)c(OC)c1. The third-order valence-electron chi connectivity index (χ3n) is 5.69. The number of hydrogen-bond donors (Lipinski definition) is 0. The molecule has 1 unspecified atom stereocenters. The van der Waals surface area contributed by atoms with Crippen molar-refractivity contribution in [3.8, 4) is 17.2 Å². The Morgan fingerprint density at radius 3 is 2.48 bits per heavy atom. The molecule has 2 aromatic carbocycles. The van der Waals surface area contributed by atoms with Crippen molar-refractivity contribution >= 4 is 5.78 Å². The van der Waals surface area contributed by atoms with Gasteiger partial charge in [0.2, 0.25) is 0 Å². The quantitative estimate of drug-likeness (QED) is 0.540. The molecule has 0 radical (unpaired) electrons. The number of hydrogen-bond acceptors (Lipinski definition) is 6. The van der Waals surface area contributed by atoms with E-state index in [1.807, 2.05) is 38.4 Å². The largest absolute Gasteiger partial charge is 0.497 e. The van der Waals surface area contributed by atoms with Crippen molar-refractivity contribution in [3.63, 3.8) is 0 Å². The lowest BCUT2D eigenvalue weighted by atomic mass is 9.89. The van der Waals surface area contributed by atoms with Gasteiger partial charge in [-0.2, -0.15) is 0 Å². The number of carbonyl (C=O) groups is 1. The number of rotatable bonds is 10. The van der Waals surface area contributed by atoms with Crippen molar-refractivity contribution in [2.24, 2.45) is 5.92 Å². The van der Waals surface area contributed by atoms with E-state index in [1.165, 1.54) is 5.56 Å². The van der Waals surface area contributed by atoms with Crippen LogP contribution in [0.2, 0.25) is 0 Å². The highest BCUT2D eigenvalue weighted by atomic mass is 16.5. The maximum Gasteiger partial charge on any atom is 0.170 e. The Hall–Kier alpha value is -2.57.